The quantitative estimate of drug-likeness (QED) is 0.342. The number of rotatable bonds is 11. The SMILES string of the molecule is CCCCCCCCCC(CC)OC(=S)C(C)C. The van der Waals surface area contributed by atoms with Gasteiger partial charge in [-0.25, -0.2) is 0 Å². The minimum Gasteiger partial charge on any atom is -0.484 e. The Labute approximate surface area is 120 Å². The Morgan fingerprint density at radius 1 is 0.944 bits per heavy atom. The fourth-order valence-electron chi connectivity index (χ4n) is 1.98. The second-order valence-corrected chi connectivity index (χ2v) is 5.93. The molecule has 0 aliphatic rings. The van der Waals surface area contributed by atoms with Crippen molar-refractivity contribution in [3.63, 3.8) is 0 Å². The zero-order valence-corrected chi connectivity index (χ0v) is 13.7. The smallest absolute Gasteiger partial charge is 0.162 e. The molecule has 2 heteroatoms. The van der Waals surface area contributed by atoms with Crippen LogP contribution in [0.15, 0.2) is 0 Å². The lowest BCUT2D eigenvalue weighted by atomic mass is 10.1. The second kappa shape index (κ2) is 12.0. The van der Waals surface area contributed by atoms with Crippen LogP contribution < -0.4 is 0 Å². The molecule has 0 aromatic heterocycles. The lowest BCUT2D eigenvalue weighted by molar-refractivity contribution is 0.165. The van der Waals surface area contributed by atoms with Gasteiger partial charge in [-0.2, -0.15) is 0 Å². The topological polar surface area (TPSA) is 9.23 Å². The maximum Gasteiger partial charge on any atom is 0.162 e. The molecule has 0 bridgehead atoms. The van der Waals surface area contributed by atoms with Crippen LogP contribution in [0.25, 0.3) is 0 Å². The first-order valence-corrected chi connectivity index (χ1v) is 8.23. The van der Waals surface area contributed by atoms with Gasteiger partial charge in [-0.1, -0.05) is 66.2 Å². The van der Waals surface area contributed by atoms with Crippen molar-refractivity contribution >= 4 is 17.3 Å². The van der Waals surface area contributed by atoms with E-state index in [9.17, 15) is 0 Å². The third-order valence-corrected chi connectivity index (χ3v) is 3.91. The van der Waals surface area contributed by atoms with Crippen molar-refractivity contribution in [2.75, 3.05) is 0 Å². The molecule has 0 heterocycles. The number of hydrogen-bond acceptors (Lipinski definition) is 2. The van der Waals surface area contributed by atoms with Crippen LogP contribution in [-0.4, -0.2) is 11.2 Å². The molecule has 0 fully saturated rings. The Morgan fingerprint density at radius 3 is 2.00 bits per heavy atom. The van der Waals surface area contributed by atoms with Crippen LogP contribution in [0.3, 0.4) is 0 Å². The van der Waals surface area contributed by atoms with Crippen LogP contribution in [0, 0.1) is 5.92 Å². The summed E-state index contributed by atoms with van der Waals surface area (Å²) >= 11 is 5.25. The minimum atomic E-state index is 0.343. The average molecular weight is 272 g/mol. The van der Waals surface area contributed by atoms with Crippen molar-refractivity contribution in [1.29, 1.82) is 0 Å². The summed E-state index contributed by atoms with van der Waals surface area (Å²) in [5, 5.41) is 0.782. The van der Waals surface area contributed by atoms with Gasteiger partial charge in [-0.05, 0) is 31.5 Å². The molecule has 0 radical (unpaired) electrons. The third-order valence-electron chi connectivity index (χ3n) is 3.34. The first kappa shape index (κ1) is 17.9. The van der Waals surface area contributed by atoms with E-state index >= 15 is 0 Å². The summed E-state index contributed by atoms with van der Waals surface area (Å²) in [6.45, 7) is 8.65. The van der Waals surface area contributed by atoms with Crippen LogP contribution >= 0.6 is 12.2 Å². The van der Waals surface area contributed by atoms with Crippen molar-refractivity contribution in [2.24, 2.45) is 5.92 Å². The monoisotopic (exact) mass is 272 g/mol. The van der Waals surface area contributed by atoms with E-state index in [1.165, 1.54) is 44.9 Å². The van der Waals surface area contributed by atoms with Gasteiger partial charge in [-0.15, -0.1) is 0 Å². The second-order valence-electron chi connectivity index (χ2n) is 5.53. The van der Waals surface area contributed by atoms with E-state index in [0.29, 0.717) is 12.0 Å². The normalized spacial score (nSPS) is 12.7. The Morgan fingerprint density at radius 2 is 1.50 bits per heavy atom. The number of unbranched alkanes of at least 4 members (excludes halogenated alkanes) is 6. The van der Waals surface area contributed by atoms with Gasteiger partial charge in [0.2, 0.25) is 0 Å². The molecular formula is C16H32OS. The highest BCUT2D eigenvalue weighted by Gasteiger charge is 2.11. The molecule has 0 saturated heterocycles. The Hall–Kier alpha value is -0.110. The molecule has 0 aromatic carbocycles. The summed E-state index contributed by atoms with van der Waals surface area (Å²) in [6, 6.07) is 0. The van der Waals surface area contributed by atoms with Gasteiger partial charge in [-0.3, -0.25) is 0 Å². The largest absolute Gasteiger partial charge is 0.484 e. The molecule has 0 spiro atoms. The van der Waals surface area contributed by atoms with Crippen LogP contribution in [-0.2, 0) is 4.74 Å². The molecule has 0 aliphatic carbocycles. The number of ether oxygens (including phenoxy) is 1. The summed E-state index contributed by atoms with van der Waals surface area (Å²) in [7, 11) is 0. The van der Waals surface area contributed by atoms with E-state index in [4.69, 9.17) is 17.0 Å². The maximum atomic E-state index is 5.84. The molecule has 1 nitrogen and oxygen atoms in total. The van der Waals surface area contributed by atoms with Crippen molar-refractivity contribution < 1.29 is 4.74 Å². The molecule has 0 saturated carbocycles. The van der Waals surface area contributed by atoms with E-state index in [2.05, 4.69) is 27.7 Å². The maximum absolute atomic E-state index is 5.84. The lowest BCUT2D eigenvalue weighted by Crippen LogP contribution is -2.19. The zero-order chi connectivity index (χ0) is 13.8. The highest BCUT2D eigenvalue weighted by Crippen LogP contribution is 2.15. The Kier molecular flexibility index (Phi) is 11.9. The van der Waals surface area contributed by atoms with Crippen LogP contribution in [0.1, 0.15) is 85.5 Å². The van der Waals surface area contributed by atoms with E-state index in [0.717, 1.165) is 17.9 Å². The average Bonchev–Trinajstić information content (AvgIpc) is 2.35. The van der Waals surface area contributed by atoms with Crippen molar-refractivity contribution in [3.05, 3.63) is 0 Å². The fraction of sp³-hybridized carbons (Fsp3) is 0.938. The van der Waals surface area contributed by atoms with Crippen molar-refractivity contribution in [1.82, 2.24) is 0 Å². The fourth-order valence-corrected chi connectivity index (χ4v) is 2.11. The first-order chi connectivity index (χ1) is 8.61. The summed E-state index contributed by atoms with van der Waals surface area (Å²) in [4.78, 5) is 0. The molecule has 1 unspecified atom stereocenters. The lowest BCUT2D eigenvalue weighted by Gasteiger charge is -2.19. The Bertz CT molecular complexity index is 201. The summed E-state index contributed by atoms with van der Waals surface area (Å²) in [5.74, 6) is 0.364. The van der Waals surface area contributed by atoms with Gasteiger partial charge in [0.25, 0.3) is 0 Å². The van der Waals surface area contributed by atoms with E-state index in [-0.39, 0.29) is 0 Å². The summed E-state index contributed by atoms with van der Waals surface area (Å²) in [6.07, 6.45) is 12.1. The third kappa shape index (κ3) is 9.87. The highest BCUT2D eigenvalue weighted by atomic mass is 32.1. The molecule has 1 atom stereocenters. The van der Waals surface area contributed by atoms with E-state index < -0.39 is 0 Å². The summed E-state index contributed by atoms with van der Waals surface area (Å²) in [5.41, 5.74) is 0. The minimum absolute atomic E-state index is 0.343. The van der Waals surface area contributed by atoms with E-state index in [1.54, 1.807) is 0 Å². The molecule has 0 rings (SSSR count). The van der Waals surface area contributed by atoms with Gasteiger partial charge in [0.1, 0.15) is 0 Å². The molecule has 0 N–H and O–H groups in total. The molecule has 18 heavy (non-hydrogen) atoms. The standard InChI is InChI=1S/C16H32OS/c1-5-7-8-9-10-11-12-13-15(6-2)17-16(18)14(3)4/h14-15H,5-13H2,1-4H3. The number of thiocarbonyl (C=S) groups is 1. The van der Waals surface area contributed by atoms with Crippen LogP contribution in [0.5, 0.6) is 0 Å². The van der Waals surface area contributed by atoms with Gasteiger partial charge < -0.3 is 4.74 Å². The van der Waals surface area contributed by atoms with Gasteiger partial charge in [0.15, 0.2) is 5.05 Å². The zero-order valence-electron chi connectivity index (χ0n) is 12.8. The predicted molar refractivity (Wildman–Crippen MR) is 85.2 cm³/mol. The molecule has 0 aromatic rings. The molecular weight excluding hydrogens is 240 g/mol. The van der Waals surface area contributed by atoms with Gasteiger partial charge in [0.05, 0.1) is 6.10 Å². The van der Waals surface area contributed by atoms with Gasteiger partial charge >= 0.3 is 0 Å². The van der Waals surface area contributed by atoms with E-state index in [1.807, 2.05) is 0 Å². The molecule has 108 valence electrons. The Balaban J connectivity index is 3.53. The van der Waals surface area contributed by atoms with Crippen LogP contribution in [0.2, 0.25) is 0 Å². The van der Waals surface area contributed by atoms with Crippen molar-refractivity contribution in [3.8, 4) is 0 Å². The van der Waals surface area contributed by atoms with Crippen LogP contribution in [0.4, 0.5) is 0 Å². The molecule has 0 aliphatic heterocycles. The highest BCUT2D eigenvalue weighted by molar-refractivity contribution is 7.80. The van der Waals surface area contributed by atoms with Gasteiger partial charge in [0, 0.05) is 5.92 Å². The number of hydrogen-bond donors (Lipinski definition) is 0. The first-order valence-electron chi connectivity index (χ1n) is 7.82. The predicted octanol–water partition coefficient (Wildman–Crippen LogP) is 5.91. The molecule has 0 amide bonds. The summed E-state index contributed by atoms with van der Waals surface area (Å²) < 4.78 is 5.84. The van der Waals surface area contributed by atoms with Crippen molar-refractivity contribution in [2.45, 2.75) is 91.6 Å².